The van der Waals surface area contributed by atoms with Gasteiger partial charge >= 0.3 is 5.97 Å². The Morgan fingerprint density at radius 3 is 2.55 bits per heavy atom. The van der Waals surface area contributed by atoms with E-state index >= 15 is 0 Å². The highest BCUT2D eigenvalue weighted by atomic mass is 16.6. The van der Waals surface area contributed by atoms with E-state index in [0.717, 1.165) is 6.42 Å². The minimum atomic E-state index is -1.08. The van der Waals surface area contributed by atoms with Gasteiger partial charge in [0.05, 0.1) is 31.2 Å². The number of rotatable bonds is 9. The van der Waals surface area contributed by atoms with Crippen LogP contribution in [0.1, 0.15) is 60.8 Å². The van der Waals surface area contributed by atoms with Gasteiger partial charge in [0.25, 0.3) is 0 Å². The molecular formula is C25H40N2O6. The maximum absolute atomic E-state index is 14.2. The van der Waals surface area contributed by atoms with Crippen LogP contribution in [-0.4, -0.2) is 82.3 Å². The van der Waals surface area contributed by atoms with Gasteiger partial charge in [-0.1, -0.05) is 26.8 Å². The number of esters is 1. The SMILES string of the molecule is C=CCN(C(=O)[C@H]1N(CCO)C(=O)[C@@H]2[C@@H](C(=O)OCC)[C@H]3CC[C@]21O3)C(C)(C)CC(C)(C)C. The molecule has 186 valence electrons. The van der Waals surface area contributed by atoms with Crippen LogP contribution in [0.2, 0.25) is 0 Å². The Morgan fingerprint density at radius 2 is 2.00 bits per heavy atom. The van der Waals surface area contributed by atoms with Crippen LogP contribution < -0.4 is 0 Å². The fraction of sp³-hybridized carbons (Fsp3) is 0.800. The molecule has 0 saturated carbocycles. The van der Waals surface area contributed by atoms with Crippen molar-refractivity contribution in [1.29, 1.82) is 0 Å². The largest absolute Gasteiger partial charge is 0.466 e. The van der Waals surface area contributed by atoms with Crippen molar-refractivity contribution in [1.82, 2.24) is 9.80 Å². The van der Waals surface area contributed by atoms with E-state index in [4.69, 9.17) is 9.47 Å². The Balaban J connectivity index is 2.04. The Labute approximate surface area is 197 Å². The maximum atomic E-state index is 14.2. The minimum absolute atomic E-state index is 0.0126. The molecule has 1 N–H and O–H groups in total. The van der Waals surface area contributed by atoms with Crippen LogP contribution in [0.15, 0.2) is 12.7 Å². The lowest BCUT2D eigenvalue weighted by Crippen LogP contribution is -2.61. The third-order valence-electron chi connectivity index (χ3n) is 7.21. The molecule has 3 rings (SSSR count). The maximum Gasteiger partial charge on any atom is 0.312 e. The lowest BCUT2D eigenvalue weighted by molar-refractivity contribution is -0.156. The first kappa shape index (κ1) is 25.7. The van der Waals surface area contributed by atoms with E-state index in [1.54, 1.807) is 17.9 Å². The predicted octanol–water partition coefficient (Wildman–Crippen LogP) is 2.15. The molecule has 5 atom stereocenters. The molecule has 8 nitrogen and oxygen atoms in total. The highest BCUT2D eigenvalue weighted by molar-refractivity contribution is 5.98. The van der Waals surface area contributed by atoms with E-state index in [-0.39, 0.29) is 37.0 Å². The minimum Gasteiger partial charge on any atom is -0.466 e. The molecule has 3 heterocycles. The number of hydrogen-bond acceptors (Lipinski definition) is 6. The van der Waals surface area contributed by atoms with Gasteiger partial charge in [-0.3, -0.25) is 14.4 Å². The molecule has 3 fully saturated rings. The molecule has 0 unspecified atom stereocenters. The molecule has 0 aromatic heterocycles. The number of carbonyl (C=O) groups is 3. The first-order valence-electron chi connectivity index (χ1n) is 12.0. The van der Waals surface area contributed by atoms with Crippen LogP contribution in [0.5, 0.6) is 0 Å². The number of aliphatic hydroxyl groups is 1. The molecule has 33 heavy (non-hydrogen) atoms. The number of nitrogens with zero attached hydrogens (tertiary/aromatic N) is 2. The summed E-state index contributed by atoms with van der Waals surface area (Å²) < 4.78 is 11.6. The van der Waals surface area contributed by atoms with Crippen molar-refractivity contribution >= 4 is 17.8 Å². The van der Waals surface area contributed by atoms with Crippen LogP contribution in [0.25, 0.3) is 0 Å². The molecule has 3 saturated heterocycles. The van der Waals surface area contributed by atoms with Crippen molar-refractivity contribution in [3.05, 3.63) is 12.7 Å². The third-order valence-corrected chi connectivity index (χ3v) is 7.21. The molecule has 8 heteroatoms. The smallest absolute Gasteiger partial charge is 0.312 e. The van der Waals surface area contributed by atoms with Crippen LogP contribution in [0.4, 0.5) is 0 Å². The highest BCUT2D eigenvalue weighted by Gasteiger charge is 2.75. The van der Waals surface area contributed by atoms with Gasteiger partial charge in [0, 0.05) is 18.6 Å². The molecule has 1 spiro atoms. The highest BCUT2D eigenvalue weighted by Crippen LogP contribution is 2.59. The van der Waals surface area contributed by atoms with Crippen molar-refractivity contribution in [3.63, 3.8) is 0 Å². The van der Waals surface area contributed by atoms with Crippen LogP contribution in [-0.2, 0) is 23.9 Å². The predicted molar refractivity (Wildman–Crippen MR) is 123 cm³/mol. The number of β-amino-alcohol motifs (C(OH)–C–C–N with tert-alkyl or cyclic N) is 1. The van der Waals surface area contributed by atoms with Gasteiger partial charge in [0.1, 0.15) is 11.6 Å². The molecule has 0 radical (unpaired) electrons. The molecule has 2 amide bonds. The number of likely N-dealkylation sites (tertiary alicyclic amines) is 1. The number of carbonyl (C=O) groups excluding carboxylic acids is 3. The summed E-state index contributed by atoms with van der Waals surface area (Å²) in [4.78, 5) is 43.8. The van der Waals surface area contributed by atoms with Crippen LogP contribution >= 0.6 is 0 Å². The van der Waals surface area contributed by atoms with E-state index < -0.39 is 41.1 Å². The van der Waals surface area contributed by atoms with Gasteiger partial charge in [-0.15, -0.1) is 6.58 Å². The zero-order valence-electron chi connectivity index (χ0n) is 20.9. The summed E-state index contributed by atoms with van der Waals surface area (Å²) in [6.45, 7) is 16.3. The summed E-state index contributed by atoms with van der Waals surface area (Å²) in [5, 5.41) is 9.72. The monoisotopic (exact) mass is 464 g/mol. The van der Waals surface area contributed by atoms with Crippen molar-refractivity contribution in [2.45, 2.75) is 84.1 Å². The Kier molecular flexibility index (Phi) is 7.02. The number of hydrogen-bond donors (Lipinski definition) is 1. The van der Waals surface area contributed by atoms with Gasteiger partial charge in [0.2, 0.25) is 11.8 Å². The van der Waals surface area contributed by atoms with E-state index in [2.05, 4.69) is 27.4 Å². The van der Waals surface area contributed by atoms with Gasteiger partial charge in [-0.05, 0) is 45.4 Å². The number of aliphatic hydroxyl groups excluding tert-OH is 1. The Bertz CT molecular complexity index is 803. The zero-order valence-corrected chi connectivity index (χ0v) is 20.9. The zero-order chi connectivity index (χ0) is 24.8. The van der Waals surface area contributed by atoms with Gasteiger partial charge in [-0.2, -0.15) is 0 Å². The molecule has 0 aromatic carbocycles. The van der Waals surface area contributed by atoms with Gasteiger partial charge in [0.15, 0.2) is 0 Å². The van der Waals surface area contributed by atoms with E-state index in [1.165, 1.54) is 4.90 Å². The van der Waals surface area contributed by atoms with E-state index in [9.17, 15) is 19.5 Å². The summed E-state index contributed by atoms with van der Waals surface area (Å²) in [7, 11) is 0. The molecule has 0 aromatic rings. The second-order valence-electron chi connectivity index (χ2n) is 11.4. The summed E-state index contributed by atoms with van der Waals surface area (Å²) >= 11 is 0. The number of fused-ring (bicyclic) bond motifs is 1. The van der Waals surface area contributed by atoms with Crippen molar-refractivity contribution < 1.29 is 29.0 Å². The second-order valence-corrected chi connectivity index (χ2v) is 11.4. The topological polar surface area (TPSA) is 96.4 Å². The molecule has 0 aliphatic carbocycles. The molecule has 3 aliphatic heterocycles. The average Bonchev–Trinajstić information content (AvgIpc) is 3.32. The van der Waals surface area contributed by atoms with Gasteiger partial charge < -0.3 is 24.4 Å². The second kappa shape index (κ2) is 9.02. The number of ether oxygens (including phenoxy) is 2. The van der Waals surface area contributed by atoms with Crippen LogP contribution in [0, 0.1) is 17.3 Å². The molecular weight excluding hydrogens is 424 g/mol. The Morgan fingerprint density at radius 1 is 1.33 bits per heavy atom. The average molecular weight is 465 g/mol. The number of amides is 2. The lowest BCUT2D eigenvalue weighted by atomic mass is 9.70. The summed E-state index contributed by atoms with van der Waals surface area (Å²) in [6.07, 6.45) is 3.12. The normalized spacial score (nSPS) is 31.0. The fourth-order valence-corrected chi connectivity index (χ4v) is 6.59. The standard InChI is InChI=1S/C25H40N2O6/c1-8-12-27(24(6,7)15-23(3,4)5)21(30)19-25-11-10-16(33-25)17(22(31)32-9-2)18(25)20(29)26(19)13-14-28/h8,16-19,28H,1,9-15H2,2-7H3/t16-,17+,18+,19-,25+/m1/s1. The van der Waals surface area contributed by atoms with Crippen LogP contribution in [0.3, 0.4) is 0 Å². The third kappa shape index (κ3) is 4.32. The first-order chi connectivity index (χ1) is 15.3. The van der Waals surface area contributed by atoms with E-state index in [0.29, 0.717) is 19.4 Å². The quantitative estimate of drug-likeness (QED) is 0.415. The molecule has 3 aliphatic rings. The van der Waals surface area contributed by atoms with Gasteiger partial charge in [-0.25, -0.2) is 0 Å². The van der Waals surface area contributed by atoms with Crippen molar-refractivity contribution in [2.75, 3.05) is 26.3 Å². The van der Waals surface area contributed by atoms with Crippen molar-refractivity contribution in [2.24, 2.45) is 17.3 Å². The van der Waals surface area contributed by atoms with E-state index in [1.807, 2.05) is 13.8 Å². The summed E-state index contributed by atoms with van der Waals surface area (Å²) in [5.41, 5.74) is -1.62. The lowest BCUT2D eigenvalue weighted by Gasteiger charge is -2.45. The molecule has 2 bridgehead atoms. The van der Waals surface area contributed by atoms with Crippen molar-refractivity contribution in [3.8, 4) is 0 Å². The fourth-order valence-electron chi connectivity index (χ4n) is 6.59. The first-order valence-corrected chi connectivity index (χ1v) is 12.0. The summed E-state index contributed by atoms with van der Waals surface area (Å²) in [5.74, 6) is -2.48. The summed E-state index contributed by atoms with van der Waals surface area (Å²) in [6, 6.07) is -0.897. The Hall–Kier alpha value is -1.93.